The number of halogens is 2. The Kier molecular flexibility index (Phi) is 6.99. The van der Waals surface area contributed by atoms with Gasteiger partial charge in [0, 0.05) is 0 Å². The fourth-order valence-corrected chi connectivity index (χ4v) is 2.27. The molecule has 2 aromatic rings. The number of primary amides is 1. The maximum Gasteiger partial charge on any atom is 0.308 e. The van der Waals surface area contributed by atoms with Crippen LogP contribution in [-0.2, 0) is 32.1 Å². The van der Waals surface area contributed by atoms with Crippen LogP contribution in [0.4, 0.5) is 8.78 Å². The minimum atomic E-state index is -1.27. The molecule has 0 saturated heterocycles. The molecular weight excluding hydrogens is 358 g/mol. The van der Waals surface area contributed by atoms with E-state index in [9.17, 15) is 23.2 Å². The van der Waals surface area contributed by atoms with E-state index < -0.39 is 41.9 Å². The number of esters is 1. The van der Waals surface area contributed by atoms with Gasteiger partial charge in [0.1, 0.15) is 12.6 Å². The minimum absolute atomic E-state index is 0.0218. The van der Waals surface area contributed by atoms with Crippen molar-refractivity contribution >= 4 is 17.8 Å². The highest BCUT2D eigenvalue weighted by Crippen LogP contribution is 2.09. The summed E-state index contributed by atoms with van der Waals surface area (Å²) in [6.45, 7) is 0.0218. The normalized spacial score (nSPS) is 11.5. The first-order valence-electron chi connectivity index (χ1n) is 8.07. The van der Waals surface area contributed by atoms with E-state index >= 15 is 0 Å². The van der Waals surface area contributed by atoms with Crippen molar-refractivity contribution in [3.63, 3.8) is 0 Å². The molecule has 0 bridgehead atoms. The van der Waals surface area contributed by atoms with Crippen LogP contribution in [0.1, 0.15) is 17.5 Å². The van der Waals surface area contributed by atoms with Crippen LogP contribution in [0.15, 0.2) is 48.5 Å². The van der Waals surface area contributed by atoms with Crippen LogP contribution >= 0.6 is 0 Å². The molecule has 0 aliphatic heterocycles. The summed E-state index contributed by atoms with van der Waals surface area (Å²) in [6, 6.07) is 10.7. The van der Waals surface area contributed by atoms with Crippen LogP contribution in [-0.4, -0.2) is 23.8 Å². The largest absolute Gasteiger partial charge is 0.461 e. The number of hydrogen-bond donors (Lipinski definition) is 2. The van der Waals surface area contributed by atoms with Gasteiger partial charge >= 0.3 is 5.97 Å². The number of benzene rings is 2. The van der Waals surface area contributed by atoms with Gasteiger partial charge in [-0.2, -0.15) is 0 Å². The second-order valence-corrected chi connectivity index (χ2v) is 5.80. The lowest BCUT2D eigenvalue weighted by Crippen LogP contribution is -2.46. The first kappa shape index (κ1) is 20.0. The molecule has 2 amide bonds. The van der Waals surface area contributed by atoms with Crippen molar-refractivity contribution in [3.05, 3.63) is 71.3 Å². The molecule has 0 radical (unpaired) electrons. The van der Waals surface area contributed by atoms with Gasteiger partial charge in [-0.1, -0.05) is 36.4 Å². The monoisotopic (exact) mass is 376 g/mol. The van der Waals surface area contributed by atoms with Crippen molar-refractivity contribution in [1.29, 1.82) is 0 Å². The third-order valence-corrected chi connectivity index (χ3v) is 3.64. The Bertz CT molecular complexity index is 828. The number of carbonyl (C=O) groups excluding carboxylic acids is 3. The van der Waals surface area contributed by atoms with Crippen LogP contribution < -0.4 is 11.1 Å². The summed E-state index contributed by atoms with van der Waals surface area (Å²) in [5.74, 6) is -4.41. The molecule has 0 heterocycles. The Hall–Kier alpha value is -3.29. The standard InChI is InChI=1S/C19H18F2N2O4/c20-14-7-6-13(8-15(14)21)9-17(24)23-16(19(22)26)10-18(25)27-11-12-4-2-1-3-5-12/h1-8,16H,9-11H2,(H2,22,26)(H,23,24)/t16-/m0/s1. The van der Waals surface area contributed by atoms with E-state index in [1.54, 1.807) is 24.3 Å². The molecule has 0 saturated carbocycles. The molecule has 142 valence electrons. The Morgan fingerprint density at radius 1 is 1.00 bits per heavy atom. The second kappa shape index (κ2) is 9.42. The van der Waals surface area contributed by atoms with Crippen LogP contribution in [0.2, 0.25) is 0 Å². The molecule has 0 spiro atoms. The summed E-state index contributed by atoms with van der Waals surface area (Å²) in [4.78, 5) is 35.4. The van der Waals surface area contributed by atoms with Gasteiger partial charge in [0.05, 0.1) is 12.8 Å². The fraction of sp³-hybridized carbons (Fsp3) is 0.211. The average Bonchev–Trinajstić information content (AvgIpc) is 2.63. The van der Waals surface area contributed by atoms with Crippen molar-refractivity contribution in [1.82, 2.24) is 5.32 Å². The number of hydrogen-bond acceptors (Lipinski definition) is 4. The zero-order valence-corrected chi connectivity index (χ0v) is 14.3. The molecule has 2 aromatic carbocycles. The van der Waals surface area contributed by atoms with E-state index in [0.717, 1.165) is 17.7 Å². The minimum Gasteiger partial charge on any atom is -0.461 e. The third kappa shape index (κ3) is 6.50. The first-order valence-corrected chi connectivity index (χ1v) is 8.07. The zero-order chi connectivity index (χ0) is 19.8. The number of nitrogens with two attached hydrogens (primary N) is 1. The zero-order valence-electron chi connectivity index (χ0n) is 14.3. The van der Waals surface area contributed by atoms with Gasteiger partial charge < -0.3 is 15.8 Å². The summed E-state index contributed by atoms with van der Waals surface area (Å²) in [7, 11) is 0. The quantitative estimate of drug-likeness (QED) is 0.684. The van der Waals surface area contributed by atoms with E-state index in [0.29, 0.717) is 0 Å². The number of carbonyl (C=O) groups is 3. The van der Waals surface area contributed by atoms with Crippen molar-refractivity contribution in [3.8, 4) is 0 Å². The van der Waals surface area contributed by atoms with Gasteiger partial charge in [-0.3, -0.25) is 14.4 Å². The van der Waals surface area contributed by atoms with E-state index in [4.69, 9.17) is 10.5 Å². The highest BCUT2D eigenvalue weighted by molar-refractivity contribution is 5.90. The Labute approximate surface area is 154 Å². The molecule has 0 aromatic heterocycles. The fourth-order valence-electron chi connectivity index (χ4n) is 2.27. The van der Waals surface area contributed by atoms with Crippen LogP contribution in [0, 0.1) is 11.6 Å². The van der Waals surface area contributed by atoms with Gasteiger partial charge in [-0.15, -0.1) is 0 Å². The van der Waals surface area contributed by atoms with Crippen molar-refractivity contribution in [2.24, 2.45) is 5.73 Å². The third-order valence-electron chi connectivity index (χ3n) is 3.64. The molecule has 3 N–H and O–H groups in total. The maximum absolute atomic E-state index is 13.2. The van der Waals surface area contributed by atoms with Gasteiger partial charge in [-0.25, -0.2) is 8.78 Å². The number of nitrogens with one attached hydrogen (secondary N) is 1. The van der Waals surface area contributed by atoms with Crippen molar-refractivity contribution < 1.29 is 27.9 Å². The number of rotatable bonds is 8. The molecule has 0 aliphatic rings. The molecule has 6 nitrogen and oxygen atoms in total. The van der Waals surface area contributed by atoms with Gasteiger partial charge in [-0.05, 0) is 23.3 Å². The lowest BCUT2D eigenvalue weighted by atomic mass is 10.1. The highest BCUT2D eigenvalue weighted by atomic mass is 19.2. The van der Waals surface area contributed by atoms with Gasteiger partial charge in [0.2, 0.25) is 11.8 Å². The summed E-state index contributed by atoms with van der Waals surface area (Å²) in [6.07, 6.45) is -0.744. The van der Waals surface area contributed by atoms with Gasteiger partial charge in [0.15, 0.2) is 11.6 Å². The first-order chi connectivity index (χ1) is 12.8. The topological polar surface area (TPSA) is 98.5 Å². The highest BCUT2D eigenvalue weighted by Gasteiger charge is 2.22. The van der Waals surface area contributed by atoms with E-state index in [-0.39, 0.29) is 18.6 Å². The van der Waals surface area contributed by atoms with E-state index in [1.165, 1.54) is 6.07 Å². The van der Waals surface area contributed by atoms with Crippen LogP contribution in [0.5, 0.6) is 0 Å². The lowest BCUT2D eigenvalue weighted by Gasteiger charge is -2.15. The van der Waals surface area contributed by atoms with Crippen LogP contribution in [0.25, 0.3) is 0 Å². The SMILES string of the molecule is NC(=O)[C@H](CC(=O)OCc1ccccc1)NC(=O)Cc1ccc(F)c(F)c1. The molecule has 0 unspecified atom stereocenters. The number of ether oxygens (including phenoxy) is 1. The lowest BCUT2D eigenvalue weighted by molar-refractivity contribution is -0.147. The average molecular weight is 376 g/mol. The summed E-state index contributed by atoms with van der Waals surface area (Å²) < 4.78 is 31.1. The molecule has 2 rings (SSSR count). The molecule has 8 heteroatoms. The van der Waals surface area contributed by atoms with E-state index in [1.807, 2.05) is 6.07 Å². The summed E-state index contributed by atoms with van der Waals surface area (Å²) in [5, 5.41) is 2.30. The second-order valence-electron chi connectivity index (χ2n) is 5.80. The molecule has 27 heavy (non-hydrogen) atoms. The molecule has 0 aliphatic carbocycles. The molecule has 1 atom stereocenters. The smallest absolute Gasteiger partial charge is 0.308 e. The Morgan fingerprint density at radius 3 is 2.33 bits per heavy atom. The predicted molar refractivity (Wildman–Crippen MR) is 92.0 cm³/mol. The Morgan fingerprint density at radius 2 is 1.70 bits per heavy atom. The number of amides is 2. The summed E-state index contributed by atoms with van der Waals surface area (Å²) >= 11 is 0. The van der Waals surface area contributed by atoms with E-state index in [2.05, 4.69) is 5.32 Å². The predicted octanol–water partition coefficient (Wildman–Crippen LogP) is 1.61. The van der Waals surface area contributed by atoms with Gasteiger partial charge in [0.25, 0.3) is 0 Å². The molecule has 0 fully saturated rings. The Balaban J connectivity index is 1.88. The summed E-state index contributed by atoms with van der Waals surface area (Å²) in [5.41, 5.74) is 6.18. The van der Waals surface area contributed by atoms with Crippen molar-refractivity contribution in [2.75, 3.05) is 0 Å². The maximum atomic E-state index is 13.2. The van der Waals surface area contributed by atoms with Crippen molar-refractivity contribution in [2.45, 2.75) is 25.5 Å². The van der Waals surface area contributed by atoms with Crippen LogP contribution in [0.3, 0.4) is 0 Å². The molecular formula is C19H18F2N2O4.